The molecule has 0 aliphatic heterocycles. The quantitative estimate of drug-likeness (QED) is 0.695. The molecule has 0 saturated heterocycles. The van der Waals surface area contributed by atoms with E-state index in [1.807, 2.05) is 14.0 Å². The van der Waals surface area contributed by atoms with Gasteiger partial charge in [-0.15, -0.1) is 0 Å². The molecule has 1 rings (SSSR count). The zero-order valence-corrected chi connectivity index (χ0v) is 8.79. The summed E-state index contributed by atoms with van der Waals surface area (Å²) in [5, 5.41) is 11.7. The van der Waals surface area contributed by atoms with Crippen LogP contribution in [0.2, 0.25) is 0 Å². The first kappa shape index (κ1) is 11.0. The number of likely N-dealkylation sites (N-methyl/N-ethyl adjacent to an activating group) is 1. The van der Waals surface area contributed by atoms with Gasteiger partial charge in [0.05, 0.1) is 18.7 Å². The molecule has 1 aliphatic carbocycles. The number of carbonyl (C=O) groups is 1. The van der Waals surface area contributed by atoms with Crippen molar-refractivity contribution in [3.05, 3.63) is 0 Å². The van der Waals surface area contributed by atoms with Crippen LogP contribution in [0.15, 0.2) is 0 Å². The molecule has 1 amide bonds. The van der Waals surface area contributed by atoms with Crippen LogP contribution in [0.25, 0.3) is 0 Å². The standard InChI is InChI=1S/C10H17N3O/c1-3-9(6-11)13(2)7-10(14)12-8-4-5-8/h8-9H,3-5,7H2,1-2H3,(H,12,14). The summed E-state index contributed by atoms with van der Waals surface area (Å²) in [5.74, 6) is 0.0312. The average molecular weight is 195 g/mol. The number of hydrogen-bond acceptors (Lipinski definition) is 3. The molecule has 1 aliphatic rings. The summed E-state index contributed by atoms with van der Waals surface area (Å²) in [6.07, 6.45) is 2.96. The molecule has 1 fully saturated rings. The van der Waals surface area contributed by atoms with Gasteiger partial charge in [0.1, 0.15) is 0 Å². The van der Waals surface area contributed by atoms with Crippen molar-refractivity contribution in [2.24, 2.45) is 0 Å². The van der Waals surface area contributed by atoms with Gasteiger partial charge in [-0.3, -0.25) is 9.69 Å². The largest absolute Gasteiger partial charge is 0.352 e. The highest BCUT2D eigenvalue weighted by atomic mass is 16.2. The van der Waals surface area contributed by atoms with Crippen molar-refractivity contribution in [2.45, 2.75) is 38.3 Å². The summed E-state index contributed by atoms with van der Waals surface area (Å²) in [7, 11) is 1.81. The Labute approximate surface area is 84.9 Å². The highest BCUT2D eigenvalue weighted by Crippen LogP contribution is 2.18. The van der Waals surface area contributed by atoms with E-state index in [0.717, 1.165) is 19.3 Å². The van der Waals surface area contributed by atoms with Crippen molar-refractivity contribution in [2.75, 3.05) is 13.6 Å². The minimum Gasteiger partial charge on any atom is -0.352 e. The van der Waals surface area contributed by atoms with E-state index >= 15 is 0 Å². The van der Waals surface area contributed by atoms with Gasteiger partial charge < -0.3 is 5.32 Å². The monoisotopic (exact) mass is 195 g/mol. The van der Waals surface area contributed by atoms with E-state index in [4.69, 9.17) is 5.26 Å². The third-order valence-corrected chi connectivity index (χ3v) is 2.40. The second-order valence-electron chi connectivity index (χ2n) is 3.81. The van der Waals surface area contributed by atoms with Gasteiger partial charge in [0.25, 0.3) is 0 Å². The third-order valence-electron chi connectivity index (χ3n) is 2.40. The zero-order chi connectivity index (χ0) is 10.6. The predicted octanol–water partition coefficient (Wildman–Crippen LogP) is 0.499. The molecule has 1 N–H and O–H groups in total. The molecule has 0 aromatic heterocycles. The Balaban J connectivity index is 2.27. The van der Waals surface area contributed by atoms with E-state index in [-0.39, 0.29) is 11.9 Å². The van der Waals surface area contributed by atoms with Gasteiger partial charge in [-0.05, 0) is 26.3 Å². The topological polar surface area (TPSA) is 56.1 Å². The van der Waals surface area contributed by atoms with Gasteiger partial charge in [-0.2, -0.15) is 5.26 Å². The maximum Gasteiger partial charge on any atom is 0.234 e. The molecule has 78 valence electrons. The maximum atomic E-state index is 11.4. The fourth-order valence-electron chi connectivity index (χ4n) is 1.34. The third kappa shape index (κ3) is 3.35. The number of amides is 1. The number of rotatable bonds is 5. The molecule has 0 aromatic rings. The Bertz CT molecular complexity index is 242. The molecule has 0 bridgehead atoms. The number of nitrogens with one attached hydrogen (secondary N) is 1. The second-order valence-corrected chi connectivity index (χ2v) is 3.81. The minimum absolute atomic E-state index is 0.0312. The van der Waals surface area contributed by atoms with Crippen molar-refractivity contribution in [1.29, 1.82) is 5.26 Å². The average Bonchev–Trinajstić information content (AvgIpc) is 2.90. The molecule has 0 aromatic carbocycles. The first-order valence-corrected chi connectivity index (χ1v) is 5.06. The lowest BCUT2D eigenvalue weighted by atomic mass is 10.2. The summed E-state index contributed by atoms with van der Waals surface area (Å²) in [4.78, 5) is 13.2. The van der Waals surface area contributed by atoms with Gasteiger partial charge in [0.2, 0.25) is 5.91 Å². The lowest BCUT2D eigenvalue weighted by Crippen LogP contribution is -2.40. The number of hydrogen-bond donors (Lipinski definition) is 1. The molecule has 1 atom stereocenters. The summed E-state index contributed by atoms with van der Waals surface area (Å²) in [6, 6.07) is 2.42. The first-order valence-electron chi connectivity index (χ1n) is 5.06. The molecule has 4 nitrogen and oxygen atoms in total. The van der Waals surface area contributed by atoms with Crippen LogP contribution in [-0.4, -0.2) is 36.5 Å². The van der Waals surface area contributed by atoms with E-state index < -0.39 is 0 Å². The van der Waals surface area contributed by atoms with Crippen molar-refractivity contribution in [3.63, 3.8) is 0 Å². The van der Waals surface area contributed by atoms with Crippen LogP contribution in [0.5, 0.6) is 0 Å². The van der Waals surface area contributed by atoms with E-state index in [0.29, 0.717) is 12.6 Å². The zero-order valence-electron chi connectivity index (χ0n) is 8.79. The molecule has 0 heterocycles. The van der Waals surface area contributed by atoms with Gasteiger partial charge in [-0.1, -0.05) is 6.92 Å². The highest BCUT2D eigenvalue weighted by Gasteiger charge is 2.24. The fourth-order valence-corrected chi connectivity index (χ4v) is 1.34. The van der Waals surface area contributed by atoms with E-state index in [2.05, 4.69) is 11.4 Å². The van der Waals surface area contributed by atoms with Crippen LogP contribution in [0.1, 0.15) is 26.2 Å². The second kappa shape index (κ2) is 4.97. The Morgan fingerprint density at radius 3 is 2.79 bits per heavy atom. The smallest absolute Gasteiger partial charge is 0.234 e. The van der Waals surface area contributed by atoms with Crippen LogP contribution in [-0.2, 0) is 4.79 Å². The minimum atomic E-state index is -0.153. The number of carbonyl (C=O) groups excluding carboxylic acids is 1. The van der Waals surface area contributed by atoms with Gasteiger partial charge in [-0.25, -0.2) is 0 Å². The molecular weight excluding hydrogens is 178 g/mol. The predicted molar refractivity (Wildman–Crippen MR) is 53.5 cm³/mol. The molecule has 1 saturated carbocycles. The van der Waals surface area contributed by atoms with Gasteiger partial charge in [0.15, 0.2) is 0 Å². The molecular formula is C10H17N3O. The fraction of sp³-hybridized carbons (Fsp3) is 0.800. The molecule has 4 heteroatoms. The Morgan fingerprint density at radius 2 is 2.36 bits per heavy atom. The van der Waals surface area contributed by atoms with E-state index in [1.54, 1.807) is 4.90 Å². The van der Waals surface area contributed by atoms with Crippen LogP contribution < -0.4 is 5.32 Å². The summed E-state index contributed by atoms with van der Waals surface area (Å²) in [5.41, 5.74) is 0. The van der Waals surface area contributed by atoms with Crippen LogP contribution in [0, 0.1) is 11.3 Å². The number of nitriles is 1. The molecule has 0 spiro atoms. The Hall–Kier alpha value is -1.08. The maximum absolute atomic E-state index is 11.4. The van der Waals surface area contributed by atoms with Crippen LogP contribution in [0.4, 0.5) is 0 Å². The SMILES string of the molecule is CCC(C#N)N(C)CC(=O)NC1CC1. The van der Waals surface area contributed by atoms with Crippen molar-refractivity contribution >= 4 is 5.91 Å². The van der Waals surface area contributed by atoms with Gasteiger partial charge >= 0.3 is 0 Å². The van der Waals surface area contributed by atoms with Gasteiger partial charge in [0, 0.05) is 6.04 Å². The lowest BCUT2D eigenvalue weighted by Gasteiger charge is -2.20. The molecule has 1 unspecified atom stereocenters. The molecule has 0 radical (unpaired) electrons. The normalized spacial score (nSPS) is 17.6. The Morgan fingerprint density at radius 1 is 1.71 bits per heavy atom. The number of nitrogens with zero attached hydrogens (tertiary/aromatic N) is 2. The van der Waals surface area contributed by atoms with Crippen molar-refractivity contribution in [3.8, 4) is 6.07 Å². The van der Waals surface area contributed by atoms with Crippen LogP contribution >= 0.6 is 0 Å². The lowest BCUT2D eigenvalue weighted by molar-refractivity contribution is -0.122. The first-order chi connectivity index (χ1) is 6.67. The van der Waals surface area contributed by atoms with E-state index in [1.165, 1.54) is 0 Å². The molecule has 14 heavy (non-hydrogen) atoms. The van der Waals surface area contributed by atoms with Crippen LogP contribution in [0.3, 0.4) is 0 Å². The summed E-state index contributed by atoms with van der Waals surface area (Å²) in [6.45, 7) is 2.27. The van der Waals surface area contributed by atoms with Crippen molar-refractivity contribution < 1.29 is 4.79 Å². The summed E-state index contributed by atoms with van der Waals surface area (Å²) >= 11 is 0. The Kier molecular flexibility index (Phi) is 3.90. The van der Waals surface area contributed by atoms with Crippen molar-refractivity contribution in [1.82, 2.24) is 10.2 Å². The highest BCUT2D eigenvalue weighted by molar-refractivity contribution is 5.78. The summed E-state index contributed by atoms with van der Waals surface area (Å²) < 4.78 is 0. The van der Waals surface area contributed by atoms with E-state index in [9.17, 15) is 4.79 Å².